The molecule has 0 aliphatic carbocycles. The monoisotopic (exact) mass is 404 g/mol. The summed E-state index contributed by atoms with van der Waals surface area (Å²) < 4.78 is 44.3. The molecule has 1 aliphatic heterocycles. The van der Waals surface area contributed by atoms with Gasteiger partial charge in [-0.05, 0) is 35.9 Å². The molecule has 29 heavy (non-hydrogen) atoms. The smallest absolute Gasteiger partial charge is 0.416 e. The predicted octanol–water partition coefficient (Wildman–Crippen LogP) is 3.13. The molecule has 1 saturated heterocycles. The first-order valence-electron chi connectivity index (χ1n) is 8.78. The van der Waals surface area contributed by atoms with E-state index >= 15 is 0 Å². The van der Waals surface area contributed by atoms with Crippen LogP contribution in [0.25, 0.3) is 0 Å². The van der Waals surface area contributed by atoms with E-state index in [4.69, 9.17) is 10.5 Å². The Bertz CT molecular complexity index is 984. The molecule has 2 heterocycles. The zero-order chi connectivity index (χ0) is 21.0. The van der Waals surface area contributed by atoms with Crippen LogP contribution >= 0.6 is 0 Å². The Labute approximate surface area is 165 Å². The third-order valence-corrected chi connectivity index (χ3v) is 4.35. The highest BCUT2D eigenvalue weighted by atomic mass is 19.4. The van der Waals surface area contributed by atoms with Gasteiger partial charge in [-0.3, -0.25) is 14.8 Å². The maximum absolute atomic E-state index is 13.1. The minimum Gasteiger partial charge on any atom is -0.497 e. The van der Waals surface area contributed by atoms with Crippen molar-refractivity contribution in [3.8, 4) is 5.75 Å². The second kappa shape index (κ2) is 8.34. The number of hydrogen-bond donors (Lipinski definition) is 2. The Kier molecular flexibility index (Phi) is 5.86. The van der Waals surface area contributed by atoms with E-state index in [1.807, 2.05) is 0 Å². The summed E-state index contributed by atoms with van der Waals surface area (Å²) in [7, 11) is 1.32. The summed E-state index contributed by atoms with van der Waals surface area (Å²) in [4.78, 5) is 20.5. The van der Waals surface area contributed by atoms with E-state index in [1.54, 1.807) is 12.1 Å². The number of nitrogens with zero attached hydrogens (tertiary/aromatic N) is 2. The Hall–Kier alpha value is -3.36. The van der Waals surface area contributed by atoms with Crippen molar-refractivity contribution in [3.63, 3.8) is 0 Å². The van der Waals surface area contributed by atoms with Crippen molar-refractivity contribution in [1.82, 2.24) is 10.3 Å². The average Bonchev–Trinajstić information content (AvgIpc) is 2.67. The Morgan fingerprint density at radius 2 is 2.10 bits per heavy atom. The standard InChI is InChI=1S/C20H19F3N4O2/c1-29-16-8-12(6-13(9-16)20(21,22)23)7-15-10-14(2-4-25-15)27-18-3-5-26-19(28)17(18)11-24/h2,4,6,8-11H,3,5,7,24H2,1H3,(H,26,28)/b17-11+,27-18?. The summed E-state index contributed by atoms with van der Waals surface area (Å²) in [6.45, 7) is 0.455. The minimum atomic E-state index is -4.48. The summed E-state index contributed by atoms with van der Waals surface area (Å²) in [6.07, 6.45) is -1.05. The van der Waals surface area contributed by atoms with Crippen LogP contribution in [0.1, 0.15) is 23.2 Å². The van der Waals surface area contributed by atoms with E-state index in [0.29, 0.717) is 41.2 Å². The van der Waals surface area contributed by atoms with Crippen LogP contribution in [-0.2, 0) is 17.4 Å². The van der Waals surface area contributed by atoms with Crippen LogP contribution < -0.4 is 15.8 Å². The number of pyridine rings is 1. The summed E-state index contributed by atoms with van der Waals surface area (Å²) >= 11 is 0. The van der Waals surface area contributed by atoms with Gasteiger partial charge >= 0.3 is 6.18 Å². The van der Waals surface area contributed by atoms with E-state index in [0.717, 1.165) is 12.1 Å². The highest BCUT2D eigenvalue weighted by molar-refractivity contribution is 6.23. The van der Waals surface area contributed by atoms with Crippen LogP contribution in [0.2, 0.25) is 0 Å². The van der Waals surface area contributed by atoms with Crippen molar-refractivity contribution in [1.29, 1.82) is 0 Å². The van der Waals surface area contributed by atoms with Gasteiger partial charge in [0, 0.05) is 37.5 Å². The lowest BCUT2D eigenvalue weighted by molar-refractivity contribution is -0.137. The van der Waals surface area contributed by atoms with Gasteiger partial charge in [0.2, 0.25) is 0 Å². The van der Waals surface area contributed by atoms with Crippen LogP contribution in [0.3, 0.4) is 0 Å². The zero-order valence-electron chi connectivity index (χ0n) is 15.6. The van der Waals surface area contributed by atoms with Crippen molar-refractivity contribution >= 4 is 17.3 Å². The highest BCUT2D eigenvalue weighted by Crippen LogP contribution is 2.33. The van der Waals surface area contributed by atoms with Crippen molar-refractivity contribution in [3.05, 3.63) is 65.1 Å². The molecule has 0 radical (unpaired) electrons. The first-order chi connectivity index (χ1) is 13.8. The fraction of sp³-hybridized carbons (Fsp3) is 0.250. The molecule has 0 unspecified atom stereocenters. The molecule has 3 rings (SSSR count). The largest absolute Gasteiger partial charge is 0.497 e. The Morgan fingerprint density at radius 3 is 2.79 bits per heavy atom. The van der Waals surface area contributed by atoms with Crippen molar-refractivity contribution in [2.45, 2.75) is 19.0 Å². The molecule has 2 aromatic rings. The van der Waals surface area contributed by atoms with Crippen LogP contribution in [-0.4, -0.2) is 30.3 Å². The fourth-order valence-electron chi connectivity index (χ4n) is 2.98. The van der Waals surface area contributed by atoms with E-state index in [2.05, 4.69) is 15.3 Å². The molecule has 1 aromatic heterocycles. The molecule has 152 valence electrons. The van der Waals surface area contributed by atoms with Crippen LogP contribution in [0.15, 0.2) is 53.3 Å². The number of benzene rings is 1. The van der Waals surface area contributed by atoms with Gasteiger partial charge in [0.25, 0.3) is 5.91 Å². The maximum atomic E-state index is 13.1. The fourth-order valence-corrected chi connectivity index (χ4v) is 2.98. The predicted molar refractivity (Wildman–Crippen MR) is 102 cm³/mol. The summed E-state index contributed by atoms with van der Waals surface area (Å²) in [5, 5.41) is 2.69. The number of piperidine rings is 1. The molecule has 0 atom stereocenters. The van der Waals surface area contributed by atoms with Gasteiger partial charge in [-0.15, -0.1) is 0 Å². The second-order valence-corrected chi connectivity index (χ2v) is 6.39. The van der Waals surface area contributed by atoms with Gasteiger partial charge in [0.15, 0.2) is 0 Å². The topological polar surface area (TPSA) is 89.6 Å². The van der Waals surface area contributed by atoms with Gasteiger partial charge in [-0.1, -0.05) is 0 Å². The summed E-state index contributed by atoms with van der Waals surface area (Å²) in [5.41, 5.74) is 7.08. The number of alkyl halides is 3. The quantitative estimate of drug-likeness (QED) is 0.767. The first kappa shape index (κ1) is 20.4. The summed E-state index contributed by atoms with van der Waals surface area (Å²) in [5.74, 6) is -0.167. The summed E-state index contributed by atoms with van der Waals surface area (Å²) in [6, 6.07) is 6.89. The Morgan fingerprint density at radius 1 is 1.31 bits per heavy atom. The molecule has 0 bridgehead atoms. The first-order valence-corrected chi connectivity index (χ1v) is 8.78. The second-order valence-electron chi connectivity index (χ2n) is 6.39. The Balaban J connectivity index is 1.89. The molecule has 1 amide bonds. The lowest BCUT2D eigenvalue weighted by Gasteiger charge is -2.17. The van der Waals surface area contributed by atoms with Crippen LogP contribution in [0.4, 0.5) is 18.9 Å². The van der Waals surface area contributed by atoms with Gasteiger partial charge in [-0.2, -0.15) is 13.2 Å². The molecule has 1 fully saturated rings. The number of carbonyl (C=O) groups is 1. The number of nitrogens with two attached hydrogens (primary N) is 1. The normalized spacial score (nSPS) is 17.4. The maximum Gasteiger partial charge on any atom is 0.416 e. The van der Waals surface area contributed by atoms with Gasteiger partial charge < -0.3 is 15.8 Å². The minimum absolute atomic E-state index is 0.122. The number of aromatic nitrogens is 1. The molecule has 3 N–H and O–H groups in total. The lowest BCUT2D eigenvalue weighted by atomic mass is 10.0. The third-order valence-electron chi connectivity index (χ3n) is 4.35. The van der Waals surface area contributed by atoms with Crippen LogP contribution in [0, 0.1) is 0 Å². The number of halogens is 3. The number of carbonyl (C=O) groups excluding carboxylic acids is 1. The SMILES string of the molecule is COc1cc(Cc2cc(N=C3CCNC(=O)/C3=C/N)ccn2)cc(C(F)(F)F)c1. The highest BCUT2D eigenvalue weighted by Gasteiger charge is 2.31. The van der Waals surface area contributed by atoms with Crippen molar-refractivity contribution < 1.29 is 22.7 Å². The zero-order valence-corrected chi connectivity index (χ0v) is 15.6. The molecule has 1 aliphatic rings. The number of methoxy groups -OCH3 is 1. The van der Waals surface area contributed by atoms with E-state index in [-0.39, 0.29) is 18.1 Å². The third kappa shape index (κ3) is 4.92. The number of ether oxygens (including phenoxy) is 1. The molecule has 9 heteroatoms. The van der Waals surface area contributed by atoms with E-state index in [9.17, 15) is 18.0 Å². The van der Waals surface area contributed by atoms with Crippen molar-refractivity contribution in [2.24, 2.45) is 10.7 Å². The number of rotatable bonds is 4. The van der Waals surface area contributed by atoms with Gasteiger partial charge in [-0.25, -0.2) is 0 Å². The lowest BCUT2D eigenvalue weighted by Crippen LogP contribution is -2.36. The van der Waals surface area contributed by atoms with Crippen LogP contribution in [0.5, 0.6) is 5.75 Å². The van der Waals surface area contributed by atoms with E-state index in [1.165, 1.54) is 25.6 Å². The molecular weight excluding hydrogens is 385 g/mol. The number of nitrogens with one attached hydrogen (secondary N) is 1. The van der Waals surface area contributed by atoms with Gasteiger partial charge in [0.1, 0.15) is 5.75 Å². The average molecular weight is 404 g/mol. The molecular formula is C20H19F3N4O2. The number of amides is 1. The molecule has 6 nitrogen and oxygen atoms in total. The number of aliphatic imine (C=N–C) groups is 1. The molecule has 1 aromatic carbocycles. The van der Waals surface area contributed by atoms with E-state index < -0.39 is 11.7 Å². The number of hydrogen-bond acceptors (Lipinski definition) is 5. The molecule has 0 saturated carbocycles. The van der Waals surface area contributed by atoms with Crippen molar-refractivity contribution in [2.75, 3.05) is 13.7 Å². The van der Waals surface area contributed by atoms with Gasteiger partial charge in [0.05, 0.1) is 29.6 Å². The molecule has 0 spiro atoms.